The number of allylic oxidation sites excluding steroid dienone is 10. The van der Waals surface area contributed by atoms with Crippen LogP contribution in [-0.4, -0.2) is 0 Å². The van der Waals surface area contributed by atoms with Gasteiger partial charge in [0.15, 0.2) is 0 Å². The Morgan fingerprint density at radius 1 is 0.941 bits per heavy atom. The molecule has 0 saturated carbocycles. The number of hydrogen-bond donors (Lipinski definition) is 0. The first-order chi connectivity index (χ1) is 7.92. The second-order valence-corrected chi connectivity index (χ2v) is 4.43. The summed E-state index contributed by atoms with van der Waals surface area (Å²) >= 11 is 0. The quantitative estimate of drug-likeness (QED) is 0.542. The summed E-state index contributed by atoms with van der Waals surface area (Å²) in [7, 11) is 0. The lowest BCUT2D eigenvalue weighted by Gasteiger charge is -2.06. The Balaban J connectivity index is 5.37. The van der Waals surface area contributed by atoms with Crippen LogP contribution < -0.4 is 0 Å². The van der Waals surface area contributed by atoms with Crippen molar-refractivity contribution in [1.82, 2.24) is 0 Å². The van der Waals surface area contributed by atoms with Crippen molar-refractivity contribution >= 4 is 0 Å². The highest BCUT2D eigenvalue weighted by atomic mass is 14.0. The maximum absolute atomic E-state index is 3.98. The van der Waals surface area contributed by atoms with Crippen LogP contribution in [0.1, 0.15) is 34.6 Å². The molecular formula is C17H24. The van der Waals surface area contributed by atoms with E-state index in [9.17, 15) is 0 Å². The normalized spacial score (nSPS) is 13.4. The first-order valence-corrected chi connectivity index (χ1v) is 5.90. The molecular weight excluding hydrogens is 204 g/mol. The molecule has 92 valence electrons. The highest BCUT2D eigenvalue weighted by molar-refractivity contribution is 5.48. The molecule has 0 aromatic rings. The molecule has 0 aliphatic rings. The van der Waals surface area contributed by atoms with E-state index in [1.165, 1.54) is 22.3 Å². The van der Waals surface area contributed by atoms with E-state index >= 15 is 0 Å². The molecule has 0 aliphatic carbocycles. The van der Waals surface area contributed by atoms with Crippen LogP contribution in [0, 0.1) is 0 Å². The van der Waals surface area contributed by atoms with Gasteiger partial charge in [-0.05, 0) is 51.3 Å². The predicted molar refractivity (Wildman–Crippen MR) is 80.0 cm³/mol. The van der Waals surface area contributed by atoms with E-state index in [1.807, 2.05) is 26.0 Å². The maximum Gasteiger partial charge on any atom is -0.0228 e. The van der Waals surface area contributed by atoms with Crippen molar-refractivity contribution in [1.29, 1.82) is 0 Å². The number of rotatable bonds is 5. The Hall–Kier alpha value is -1.56. The molecule has 0 N–H and O–H groups in total. The molecule has 17 heavy (non-hydrogen) atoms. The summed E-state index contributed by atoms with van der Waals surface area (Å²) in [5, 5.41) is 0. The van der Waals surface area contributed by atoms with Gasteiger partial charge in [-0.2, -0.15) is 0 Å². The van der Waals surface area contributed by atoms with Gasteiger partial charge in [0.05, 0.1) is 0 Å². The summed E-state index contributed by atoms with van der Waals surface area (Å²) < 4.78 is 0. The van der Waals surface area contributed by atoms with E-state index in [-0.39, 0.29) is 0 Å². The van der Waals surface area contributed by atoms with E-state index < -0.39 is 0 Å². The third kappa shape index (κ3) is 5.91. The van der Waals surface area contributed by atoms with Gasteiger partial charge in [-0.25, -0.2) is 0 Å². The fourth-order valence-electron chi connectivity index (χ4n) is 1.50. The molecule has 0 spiro atoms. The summed E-state index contributed by atoms with van der Waals surface area (Å²) in [4.78, 5) is 0. The second-order valence-electron chi connectivity index (χ2n) is 4.43. The fourth-order valence-corrected chi connectivity index (χ4v) is 1.50. The van der Waals surface area contributed by atoms with Gasteiger partial charge < -0.3 is 0 Å². The van der Waals surface area contributed by atoms with Crippen molar-refractivity contribution in [2.75, 3.05) is 0 Å². The molecule has 0 aliphatic heterocycles. The predicted octanol–water partition coefficient (Wildman–Crippen LogP) is 5.53. The van der Waals surface area contributed by atoms with Gasteiger partial charge in [-0.15, -0.1) is 0 Å². The maximum atomic E-state index is 3.98. The van der Waals surface area contributed by atoms with E-state index in [1.54, 1.807) is 0 Å². The van der Waals surface area contributed by atoms with Crippen molar-refractivity contribution in [3.63, 3.8) is 0 Å². The van der Waals surface area contributed by atoms with E-state index in [2.05, 4.69) is 52.2 Å². The molecule has 0 unspecified atom stereocenters. The van der Waals surface area contributed by atoms with Crippen LogP contribution in [0.5, 0.6) is 0 Å². The molecule has 0 heterocycles. The van der Waals surface area contributed by atoms with Crippen molar-refractivity contribution < 1.29 is 0 Å². The zero-order chi connectivity index (χ0) is 13.4. The zero-order valence-electron chi connectivity index (χ0n) is 11.8. The second kappa shape index (κ2) is 7.67. The molecule has 0 saturated heterocycles. The molecule has 0 fully saturated rings. The minimum atomic E-state index is 1.09. The first-order valence-electron chi connectivity index (χ1n) is 5.90. The first kappa shape index (κ1) is 15.4. The van der Waals surface area contributed by atoms with Gasteiger partial charge in [-0.1, -0.05) is 54.7 Å². The van der Waals surface area contributed by atoms with E-state index in [0.717, 1.165) is 5.57 Å². The molecule has 0 atom stereocenters. The number of hydrogen-bond acceptors (Lipinski definition) is 0. The van der Waals surface area contributed by atoms with Gasteiger partial charge >= 0.3 is 0 Å². The van der Waals surface area contributed by atoms with Crippen LogP contribution in [0.2, 0.25) is 0 Å². The standard InChI is InChI=1S/C17H24/c1-8-10-17(11-13(3)4)15(7)12-16(9-2)14(5)6/h8-12H,1,5H2,2-4,6-7H3/b15-12+,16-9+,17-10+. The Morgan fingerprint density at radius 3 is 1.88 bits per heavy atom. The van der Waals surface area contributed by atoms with Gasteiger partial charge in [0.2, 0.25) is 0 Å². The smallest absolute Gasteiger partial charge is 0.0228 e. The largest absolute Gasteiger partial charge is 0.0990 e. The Kier molecular flexibility index (Phi) is 6.97. The lowest BCUT2D eigenvalue weighted by atomic mass is 9.99. The highest BCUT2D eigenvalue weighted by Gasteiger charge is 1.99. The van der Waals surface area contributed by atoms with Crippen molar-refractivity contribution in [3.8, 4) is 0 Å². The van der Waals surface area contributed by atoms with Crippen LogP contribution in [0.4, 0.5) is 0 Å². The Labute approximate surface area is 106 Å². The van der Waals surface area contributed by atoms with Gasteiger partial charge in [0.25, 0.3) is 0 Å². The van der Waals surface area contributed by atoms with E-state index in [4.69, 9.17) is 0 Å². The SMILES string of the molecule is C=C/C=C(C=C(C)C)/C(C)=C/C(=C\C)C(=C)C. The van der Waals surface area contributed by atoms with Crippen molar-refractivity contribution in [2.24, 2.45) is 0 Å². The summed E-state index contributed by atoms with van der Waals surface area (Å²) in [6.45, 7) is 18.1. The third-order valence-electron chi connectivity index (χ3n) is 2.37. The van der Waals surface area contributed by atoms with Gasteiger partial charge in [-0.3, -0.25) is 0 Å². The molecule has 0 aromatic heterocycles. The van der Waals surface area contributed by atoms with Gasteiger partial charge in [0, 0.05) is 0 Å². The van der Waals surface area contributed by atoms with Crippen LogP contribution in [-0.2, 0) is 0 Å². The highest BCUT2D eigenvalue weighted by Crippen LogP contribution is 2.18. The Morgan fingerprint density at radius 2 is 1.53 bits per heavy atom. The lowest BCUT2D eigenvalue weighted by Crippen LogP contribution is -1.86. The van der Waals surface area contributed by atoms with Crippen molar-refractivity contribution in [2.45, 2.75) is 34.6 Å². The third-order valence-corrected chi connectivity index (χ3v) is 2.37. The minimum Gasteiger partial charge on any atom is -0.0990 e. The van der Waals surface area contributed by atoms with Crippen molar-refractivity contribution in [3.05, 3.63) is 71.4 Å². The minimum absolute atomic E-state index is 1.09. The zero-order valence-corrected chi connectivity index (χ0v) is 11.8. The summed E-state index contributed by atoms with van der Waals surface area (Å²) in [6.07, 6.45) is 10.3. The van der Waals surface area contributed by atoms with Gasteiger partial charge in [0.1, 0.15) is 0 Å². The average Bonchev–Trinajstić information content (AvgIpc) is 2.23. The van der Waals surface area contributed by atoms with Crippen LogP contribution in [0.15, 0.2) is 71.4 Å². The molecule has 0 nitrogen and oxygen atoms in total. The molecule has 0 heteroatoms. The summed E-state index contributed by atoms with van der Waals surface area (Å²) in [6, 6.07) is 0. The van der Waals surface area contributed by atoms with Crippen LogP contribution in [0.25, 0.3) is 0 Å². The monoisotopic (exact) mass is 228 g/mol. The van der Waals surface area contributed by atoms with Crippen LogP contribution >= 0.6 is 0 Å². The topological polar surface area (TPSA) is 0 Å². The molecule has 0 radical (unpaired) electrons. The fraction of sp³-hybridized carbons (Fsp3) is 0.294. The summed E-state index contributed by atoms with van der Waals surface area (Å²) in [5.74, 6) is 0. The molecule has 0 bridgehead atoms. The average molecular weight is 228 g/mol. The molecule has 0 aromatic carbocycles. The van der Waals surface area contributed by atoms with E-state index in [0.29, 0.717) is 0 Å². The van der Waals surface area contributed by atoms with Crippen LogP contribution in [0.3, 0.4) is 0 Å². The summed E-state index contributed by atoms with van der Waals surface area (Å²) in [5.41, 5.74) is 5.97. The molecule has 0 amide bonds. The Bertz CT molecular complexity index is 405. The molecule has 0 rings (SSSR count). The lowest BCUT2D eigenvalue weighted by molar-refractivity contribution is 1.32.